The molecule has 2 N–H and O–H groups in total. The first-order chi connectivity index (χ1) is 10.1. The normalized spacial score (nSPS) is 21.8. The minimum atomic E-state index is -0.497. The standard InChI is InChI=1S/C16H22N2O3/c1-12-14(8-5-9-21-12)16(20)18(11-15(17)19)10-13-6-3-2-4-7-13/h2-4,6-7,12,14H,5,8-11H2,1H3,(H2,17,19)/t12-,14+/m0/s1. The van der Waals surface area contributed by atoms with Gasteiger partial charge in [0.25, 0.3) is 0 Å². The number of carbonyl (C=O) groups excluding carboxylic acids is 2. The molecule has 1 aromatic carbocycles. The third kappa shape index (κ3) is 4.29. The Kier molecular flexibility index (Phi) is 5.33. The molecule has 5 heteroatoms. The van der Waals surface area contributed by atoms with E-state index in [0.29, 0.717) is 13.2 Å². The fourth-order valence-electron chi connectivity index (χ4n) is 2.69. The van der Waals surface area contributed by atoms with E-state index in [2.05, 4.69) is 0 Å². The number of carbonyl (C=O) groups is 2. The van der Waals surface area contributed by atoms with Gasteiger partial charge >= 0.3 is 0 Å². The lowest BCUT2D eigenvalue weighted by Gasteiger charge is -2.32. The van der Waals surface area contributed by atoms with Crippen LogP contribution < -0.4 is 5.73 Å². The van der Waals surface area contributed by atoms with Crippen LogP contribution in [0.3, 0.4) is 0 Å². The molecule has 0 bridgehead atoms. The molecule has 1 heterocycles. The van der Waals surface area contributed by atoms with E-state index in [0.717, 1.165) is 18.4 Å². The average molecular weight is 290 g/mol. The van der Waals surface area contributed by atoms with E-state index in [9.17, 15) is 9.59 Å². The van der Waals surface area contributed by atoms with Crippen molar-refractivity contribution >= 4 is 11.8 Å². The summed E-state index contributed by atoms with van der Waals surface area (Å²) >= 11 is 0. The van der Waals surface area contributed by atoms with Crippen molar-refractivity contribution in [1.82, 2.24) is 4.90 Å². The minimum absolute atomic E-state index is 0.0511. The predicted molar refractivity (Wildman–Crippen MR) is 79.2 cm³/mol. The first-order valence-electron chi connectivity index (χ1n) is 7.30. The molecule has 0 aliphatic carbocycles. The third-order valence-corrected chi connectivity index (χ3v) is 3.80. The van der Waals surface area contributed by atoms with Crippen LogP contribution in [0.4, 0.5) is 0 Å². The minimum Gasteiger partial charge on any atom is -0.378 e. The van der Waals surface area contributed by atoms with Gasteiger partial charge in [-0.1, -0.05) is 30.3 Å². The van der Waals surface area contributed by atoms with Gasteiger partial charge in [-0.25, -0.2) is 0 Å². The predicted octanol–water partition coefficient (Wildman–Crippen LogP) is 1.32. The number of benzene rings is 1. The summed E-state index contributed by atoms with van der Waals surface area (Å²) < 4.78 is 5.55. The van der Waals surface area contributed by atoms with Crippen molar-refractivity contribution < 1.29 is 14.3 Å². The van der Waals surface area contributed by atoms with Crippen molar-refractivity contribution in [1.29, 1.82) is 0 Å². The SMILES string of the molecule is C[C@@H]1OCCC[C@H]1C(=O)N(CC(N)=O)Cc1ccccc1. The second-order valence-electron chi connectivity index (χ2n) is 5.47. The van der Waals surface area contributed by atoms with E-state index in [1.54, 1.807) is 0 Å². The van der Waals surface area contributed by atoms with Crippen LogP contribution in [0.15, 0.2) is 30.3 Å². The smallest absolute Gasteiger partial charge is 0.237 e. The highest BCUT2D eigenvalue weighted by Gasteiger charge is 2.32. The molecule has 2 amide bonds. The Morgan fingerprint density at radius 2 is 2.05 bits per heavy atom. The Labute approximate surface area is 125 Å². The molecule has 1 saturated heterocycles. The lowest BCUT2D eigenvalue weighted by molar-refractivity contribution is -0.146. The number of hydrogen-bond donors (Lipinski definition) is 1. The molecule has 1 aromatic rings. The first-order valence-corrected chi connectivity index (χ1v) is 7.30. The fourth-order valence-corrected chi connectivity index (χ4v) is 2.69. The molecule has 5 nitrogen and oxygen atoms in total. The molecule has 1 aliphatic rings. The molecular formula is C16H22N2O3. The monoisotopic (exact) mass is 290 g/mol. The van der Waals surface area contributed by atoms with Crippen molar-refractivity contribution in [3.63, 3.8) is 0 Å². The van der Waals surface area contributed by atoms with Crippen LogP contribution in [0.25, 0.3) is 0 Å². The number of hydrogen-bond acceptors (Lipinski definition) is 3. The zero-order valence-corrected chi connectivity index (χ0v) is 12.3. The Hall–Kier alpha value is -1.88. The summed E-state index contributed by atoms with van der Waals surface area (Å²) in [7, 11) is 0. The Morgan fingerprint density at radius 3 is 2.67 bits per heavy atom. The molecule has 2 rings (SSSR count). The zero-order valence-electron chi connectivity index (χ0n) is 12.3. The lowest BCUT2D eigenvalue weighted by atomic mass is 9.93. The number of rotatable bonds is 5. The Bertz CT molecular complexity index is 490. The maximum absolute atomic E-state index is 12.7. The van der Waals surface area contributed by atoms with Crippen molar-refractivity contribution in [2.24, 2.45) is 11.7 Å². The van der Waals surface area contributed by atoms with Crippen molar-refractivity contribution in [3.05, 3.63) is 35.9 Å². The van der Waals surface area contributed by atoms with Gasteiger partial charge < -0.3 is 15.4 Å². The molecule has 1 aliphatic heterocycles. The van der Waals surface area contributed by atoms with Crippen LogP contribution in [-0.2, 0) is 20.9 Å². The number of amides is 2. The van der Waals surface area contributed by atoms with Crippen LogP contribution in [0.5, 0.6) is 0 Å². The van der Waals surface area contributed by atoms with Gasteiger partial charge in [-0.3, -0.25) is 9.59 Å². The topological polar surface area (TPSA) is 72.6 Å². The van der Waals surface area contributed by atoms with Gasteiger partial charge in [-0.15, -0.1) is 0 Å². The zero-order chi connectivity index (χ0) is 15.2. The van der Waals surface area contributed by atoms with Gasteiger partial charge in [0.15, 0.2) is 0 Å². The highest BCUT2D eigenvalue weighted by atomic mass is 16.5. The van der Waals surface area contributed by atoms with Gasteiger partial charge in [0.1, 0.15) is 0 Å². The summed E-state index contributed by atoms with van der Waals surface area (Å²) in [5.74, 6) is -0.740. The van der Waals surface area contributed by atoms with Gasteiger partial charge in [-0.05, 0) is 25.3 Å². The molecular weight excluding hydrogens is 268 g/mol. The van der Waals surface area contributed by atoms with E-state index >= 15 is 0 Å². The number of nitrogens with zero attached hydrogens (tertiary/aromatic N) is 1. The summed E-state index contributed by atoms with van der Waals surface area (Å²) in [5, 5.41) is 0. The summed E-state index contributed by atoms with van der Waals surface area (Å²) in [5.41, 5.74) is 6.27. The van der Waals surface area contributed by atoms with Crippen LogP contribution in [0.2, 0.25) is 0 Å². The lowest BCUT2D eigenvalue weighted by Crippen LogP contribution is -2.45. The summed E-state index contributed by atoms with van der Waals surface area (Å²) in [6.07, 6.45) is 1.55. The highest BCUT2D eigenvalue weighted by Crippen LogP contribution is 2.23. The molecule has 2 atom stereocenters. The summed E-state index contributed by atoms with van der Waals surface area (Å²) in [6, 6.07) is 9.61. The van der Waals surface area contributed by atoms with Crippen molar-refractivity contribution in [2.45, 2.75) is 32.4 Å². The summed E-state index contributed by atoms with van der Waals surface area (Å²) in [6.45, 7) is 2.94. The van der Waals surface area contributed by atoms with Crippen LogP contribution >= 0.6 is 0 Å². The Morgan fingerprint density at radius 1 is 1.33 bits per heavy atom. The van der Waals surface area contributed by atoms with E-state index in [1.807, 2.05) is 37.3 Å². The second-order valence-corrected chi connectivity index (χ2v) is 5.47. The van der Waals surface area contributed by atoms with E-state index in [-0.39, 0.29) is 24.5 Å². The van der Waals surface area contributed by atoms with Gasteiger partial charge in [0.05, 0.1) is 18.6 Å². The third-order valence-electron chi connectivity index (χ3n) is 3.80. The van der Waals surface area contributed by atoms with Crippen LogP contribution in [0, 0.1) is 5.92 Å². The van der Waals surface area contributed by atoms with E-state index in [4.69, 9.17) is 10.5 Å². The molecule has 0 spiro atoms. The second kappa shape index (κ2) is 7.22. The van der Waals surface area contributed by atoms with E-state index < -0.39 is 5.91 Å². The first kappa shape index (κ1) is 15.5. The largest absolute Gasteiger partial charge is 0.378 e. The average Bonchev–Trinajstić information content (AvgIpc) is 2.47. The number of ether oxygens (including phenoxy) is 1. The molecule has 0 unspecified atom stereocenters. The van der Waals surface area contributed by atoms with Gasteiger partial charge in [-0.2, -0.15) is 0 Å². The van der Waals surface area contributed by atoms with Gasteiger partial charge in [0, 0.05) is 13.2 Å². The molecule has 0 saturated carbocycles. The maximum Gasteiger partial charge on any atom is 0.237 e. The summed E-state index contributed by atoms with van der Waals surface area (Å²) in [4.78, 5) is 25.5. The highest BCUT2D eigenvalue weighted by molar-refractivity contribution is 5.85. The molecule has 1 fully saturated rings. The Balaban J connectivity index is 2.11. The number of nitrogens with two attached hydrogens (primary N) is 1. The molecule has 0 radical (unpaired) electrons. The fraction of sp³-hybridized carbons (Fsp3) is 0.500. The van der Waals surface area contributed by atoms with Crippen molar-refractivity contribution in [2.75, 3.05) is 13.2 Å². The van der Waals surface area contributed by atoms with Crippen LogP contribution in [0.1, 0.15) is 25.3 Å². The number of primary amides is 1. The van der Waals surface area contributed by atoms with Crippen molar-refractivity contribution in [3.8, 4) is 0 Å². The quantitative estimate of drug-likeness (QED) is 0.888. The molecule has 0 aromatic heterocycles. The van der Waals surface area contributed by atoms with Crippen LogP contribution in [-0.4, -0.2) is 36.0 Å². The molecule has 114 valence electrons. The maximum atomic E-state index is 12.7. The van der Waals surface area contributed by atoms with Gasteiger partial charge in [0.2, 0.25) is 11.8 Å². The molecule has 21 heavy (non-hydrogen) atoms. The van der Waals surface area contributed by atoms with E-state index in [1.165, 1.54) is 4.90 Å².